The molecule has 188 valence electrons. The molecule has 1 atom stereocenters. The number of hydrogen-bond acceptors (Lipinski definition) is 5. The molecule has 0 saturated carbocycles. The molecule has 7 nitrogen and oxygen atoms in total. The van der Waals surface area contributed by atoms with Gasteiger partial charge in [-0.05, 0) is 82.5 Å². The zero-order chi connectivity index (χ0) is 24.9. The number of rotatable bonds is 7. The topological polar surface area (TPSA) is 92.4 Å². The van der Waals surface area contributed by atoms with Crippen molar-refractivity contribution >= 4 is 23.4 Å². The van der Waals surface area contributed by atoms with Gasteiger partial charge in [0.05, 0.1) is 5.92 Å². The van der Waals surface area contributed by atoms with E-state index in [4.69, 9.17) is 17.3 Å². The minimum Gasteiger partial charge on any atom is -0.369 e. The first kappa shape index (κ1) is 25.6. The minimum atomic E-state index is -0.194. The van der Waals surface area contributed by atoms with Crippen LogP contribution >= 0.6 is 11.6 Å². The molecular weight excluding hydrogens is 462 g/mol. The Morgan fingerprint density at radius 3 is 2.57 bits per heavy atom. The second-order valence-corrected chi connectivity index (χ2v) is 10.4. The number of aromatic nitrogens is 2. The van der Waals surface area contributed by atoms with Gasteiger partial charge in [-0.1, -0.05) is 23.7 Å². The Balaban J connectivity index is 1.32. The number of benzene rings is 1. The predicted molar refractivity (Wildman–Crippen MR) is 137 cm³/mol. The summed E-state index contributed by atoms with van der Waals surface area (Å²) in [7, 11) is 0. The number of nitrogens with two attached hydrogens (primary N) is 1. The summed E-state index contributed by atoms with van der Waals surface area (Å²) >= 11 is 6.13. The van der Waals surface area contributed by atoms with Crippen molar-refractivity contribution in [2.75, 3.05) is 26.2 Å². The first-order chi connectivity index (χ1) is 16.8. The molecular formula is C27H36ClN5O2. The van der Waals surface area contributed by atoms with Crippen LogP contribution in [0.3, 0.4) is 0 Å². The van der Waals surface area contributed by atoms with E-state index >= 15 is 0 Å². The van der Waals surface area contributed by atoms with Gasteiger partial charge in [-0.15, -0.1) is 0 Å². The van der Waals surface area contributed by atoms with E-state index in [0.717, 1.165) is 79.9 Å². The highest BCUT2D eigenvalue weighted by atomic mass is 35.5. The third kappa shape index (κ3) is 6.19. The molecule has 2 aliphatic heterocycles. The van der Waals surface area contributed by atoms with Gasteiger partial charge in [0.2, 0.25) is 5.91 Å². The number of carbonyl (C=O) groups excluding carboxylic acids is 2. The molecule has 2 N–H and O–H groups in total. The van der Waals surface area contributed by atoms with Crippen molar-refractivity contribution in [2.45, 2.75) is 64.8 Å². The van der Waals surface area contributed by atoms with Crippen LogP contribution in [-0.2, 0) is 17.6 Å². The molecule has 2 saturated heterocycles. The van der Waals surface area contributed by atoms with Gasteiger partial charge in [0.1, 0.15) is 12.0 Å². The van der Waals surface area contributed by atoms with Gasteiger partial charge in [-0.3, -0.25) is 14.5 Å². The van der Waals surface area contributed by atoms with Crippen LogP contribution < -0.4 is 5.73 Å². The Morgan fingerprint density at radius 1 is 1.09 bits per heavy atom. The molecule has 1 aromatic carbocycles. The SMILES string of the molecule is Cc1cc(CCCc2ncnc(C(=O)N3CCC(N4CCC[C@H](C(N)=O)C4)CC3)c2C)ccc1Cl. The number of amides is 2. The molecule has 2 aromatic rings. The summed E-state index contributed by atoms with van der Waals surface area (Å²) in [6, 6.07) is 6.55. The first-order valence-electron chi connectivity index (χ1n) is 12.7. The summed E-state index contributed by atoms with van der Waals surface area (Å²) in [5, 5.41) is 0.790. The average Bonchev–Trinajstić information content (AvgIpc) is 2.87. The molecule has 8 heteroatoms. The monoisotopic (exact) mass is 497 g/mol. The van der Waals surface area contributed by atoms with Crippen LogP contribution in [0.1, 0.15) is 65.0 Å². The summed E-state index contributed by atoms with van der Waals surface area (Å²) in [5.41, 5.74) is 10.2. The summed E-state index contributed by atoms with van der Waals surface area (Å²) in [6.07, 6.45) is 7.92. The normalized spacial score (nSPS) is 19.6. The van der Waals surface area contributed by atoms with Crippen LogP contribution in [0.2, 0.25) is 5.02 Å². The van der Waals surface area contributed by atoms with E-state index in [2.05, 4.69) is 27.0 Å². The van der Waals surface area contributed by atoms with E-state index in [0.29, 0.717) is 24.8 Å². The summed E-state index contributed by atoms with van der Waals surface area (Å²) < 4.78 is 0. The summed E-state index contributed by atoms with van der Waals surface area (Å²) in [5.74, 6) is -0.249. The number of piperidine rings is 2. The van der Waals surface area contributed by atoms with Crippen LogP contribution in [0.15, 0.2) is 24.5 Å². The maximum atomic E-state index is 13.3. The molecule has 0 unspecified atom stereocenters. The molecule has 2 fully saturated rings. The van der Waals surface area contributed by atoms with Crippen LogP contribution in [0.25, 0.3) is 0 Å². The van der Waals surface area contributed by atoms with E-state index < -0.39 is 0 Å². The maximum absolute atomic E-state index is 13.3. The molecule has 1 aromatic heterocycles. The van der Waals surface area contributed by atoms with E-state index in [-0.39, 0.29) is 17.7 Å². The zero-order valence-corrected chi connectivity index (χ0v) is 21.6. The van der Waals surface area contributed by atoms with Crippen LogP contribution in [-0.4, -0.2) is 63.8 Å². The number of halogens is 1. The molecule has 2 aliphatic rings. The Labute approximate surface area is 213 Å². The highest BCUT2D eigenvalue weighted by Crippen LogP contribution is 2.25. The fraction of sp³-hybridized carbons (Fsp3) is 0.556. The number of carbonyl (C=O) groups is 2. The molecule has 0 spiro atoms. The van der Waals surface area contributed by atoms with Crippen LogP contribution in [0.5, 0.6) is 0 Å². The number of aryl methyl sites for hydroxylation is 3. The quantitative estimate of drug-likeness (QED) is 0.629. The Morgan fingerprint density at radius 2 is 1.86 bits per heavy atom. The van der Waals surface area contributed by atoms with Gasteiger partial charge >= 0.3 is 0 Å². The Hall–Kier alpha value is -2.51. The average molecular weight is 498 g/mol. The number of likely N-dealkylation sites (tertiary alicyclic amines) is 2. The summed E-state index contributed by atoms with van der Waals surface area (Å²) in [4.78, 5) is 38.1. The van der Waals surface area contributed by atoms with Gasteiger partial charge in [0, 0.05) is 42.0 Å². The van der Waals surface area contributed by atoms with Gasteiger partial charge < -0.3 is 10.6 Å². The molecule has 35 heavy (non-hydrogen) atoms. The fourth-order valence-electron chi connectivity index (χ4n) is 5.43. The first-order valence-corrected chi connectivity index (χ1v) is 13.1. The molecule has 0 aliphatic carbocycles. The number of primary amides is 1. The highest BCUT2D eigenvalue weighted by molar-refractivity contribution is 6.31. The van der Waals surface area contributed by atoms with Gasteiger partial charge in [-0.2, -0.15) is 0 Å². The van der Waals surface area contributed by atoms with Crippen molar-refractivity contribution in [3.63, 3.8) is 0 Å². The largest absolute Gasteiger partial charge is 0.369 e. The lowest BCUT2D eigenvalue weighted by Gasteiger charge is -2.41. The number of hydrogen-bond donors (Lipinski definition) is 1. The van der Waals surface area contributed by atoms with Crippen LogP contribution in [0, 0.1) is 19.8 Å². The second kappa shape index (κ2) is 11.5. The van der Waals surface area contributed by atoms with Crippen molar-refractivity contribution in [3.05, 3.63) is 57.6 Å². The van der Waals surface area contributed by atoms with Crippen molar-refractivity contribution in [2.24, 2.45) is 11.7 Å². The predicted octanol–water partition coefficient (Wildman–Crippen LogP) is 3.72. The Kier molecular flexibility index (Phi) is 8.39. The zero-order valence-electron chi connectivity index (χ0n) is 20.8. The standard InChI is InChI=1S/C27H36ClN5O2/c1-18-15-20(8-9-23(18)28)5-3-7-24-19(2)25(31-17-30-24)27(35)32-13-10-22(11-14-32)33-12-4-6-21(16-33)26(29)34/h8-9,15,17,21-22H,3-7,10-14,16H2,1-2H3,(H2,29,34)/t21-/m0/s1. The molecule has 0 bridgehead atoms. The van der Waals surface area contributed by atoms with Crippen molar-refractivity contribution in [1.82, 2.24) is 19.8 Å². The van der Waals surface area contributed by atoms with Crippen molar-refractivity contribution in [1.29, 1.82) is 0 Å². The van der Waals surface area contributed by atoms with E-state index in [1.54, 1.807) is 0 Å². The molecule has 3 heterocycles. The van der Waals surface area contributed by atoms with E-state index in [9.17, 15) is 9.59 Å². The lowest BCUT2D eigenvalue weighted by atomic mass is 9.93. The van der Waals surface area contributed by atoms with E-state index in [1.807, 2.05) is 24.8 Å². The number of nitrogens with zero attached hydrogens (tertiary/aromatic N) is 4. The second-order valence-electron chi connectivity index (χ2n) is 9.99. The Bertz CT molecular complexity index is 1070. The third-order valence-corrected chi connectivity index (χ3v) is 8.04. The lowest BCUT2D eigenvalue weighted by Crippen LogP contribution is -2.51. The molecule has 4 rings (SSSR count). The molecule has 0 radical (unpaired) electrons. The smallest absolute Gasteiger partial charge is 0.272 e. The highest BCUT2D eigenvalue weighted by Gasteiger charge is 2.32. The van der Waals surface area contributed by atoms with Crippen molar-refractivity contribution in [3.8, 4) is 0 Å². The van der Waals surface area contributed by atoms with Crippen LogP contribution in [0.4, 0.5) is 0 Å². The van der Waals surface area contributed by atoms with Gasteiger partial charge in [-0.25, -0.2) is 9.97 Å². The summed E-state index contributed by atoms with van der Waals surface area (Å²) in [6.45, 7) is 7.14. The van der Waals surface area contributed by atoms with E-state index in [1.165, 1.54) is 11.9 Å². The van der Waals surface area contributed by atoms with Crippen molar-refractivity contribution < 1.29 is 9.59 Å². The van der Waals surface area contributed by atoms with Gasteiger partial charge in [0.15, 0.2) is 0 Å². The van der Waals surface area contributed by atoms with Gasteiger partial charge in [0.25, 0.3) is 5.91 Å². The molecule has 2 amide bonds. The minimum absolute atomic E-state index is 0.00779. The lowest BCUT2D eigenvalue weighted by molar-refractivity contribution is -0.123. The third-order valence-electron chi connectivity index (χ3n) is 7.62. The maximum Gasteiger partial charge on any atom is 0.272 e. The fourth-order valence-corrected chi connectivity index (χ4v) is 5.55.